The van der Waals surface area contributed by atoms with Crippen molar-refractivity contribution in [1.29, 1.82) is 0 Å². The Morgan fingerprint density at radius 1 is 0.657 bits per heavy atom. The number of hydrogen-bond acceptors (Lipinski definition) is 6. The molecule has 0 atom stereocenters. The molecule has 0 N–H and O–H groups in total. The van der Waals surface area contributed by atoms with E-state index in [1.165, 1.54) is 0 Å². The van der Waals surface area contributed by atoms with E-state index in [0.717, 1.165) is 68.5 Å². The largest absolute Gasteiger partial charge is 2.00 e. The fourth-order valence-electron chi connectivity index (χ4n) is 2.59. The molecule has 0 heterocycles. The summed E-state index contributed by atoms with van der Waals surface area (Å²) >= 11 is 14.4. The monoisotopic (exact) mass is 586 g/mol. The van der Waals surface area contributed by atoms with Crippen LogP contribution in [0.25, 0.3) is 9.81 Å². The maximum atomic E-state index is 5.41. The van der Waals surface area contributed by atoms with Gasteiger partial charge in [-0.2, -0.15) is 9.81 Å². The Morgan fingerprint density at radius 3 is 1.29 bits per heavy atom. The molecule has 2 aromatic rings. The molecule has 35 heavy (non-hydrogen) atoms. The molecular weight excluding hydrogens is 551 g/mol. The maximum absolute atomic E-state index is 5.41. The van der Waals surface area contributed by atoms with Crippen LogP contribution in [0.4, 0.5) is 0 Å². The van der Waals surface area contributed by atoms with Crippen LogP contribution in [0.2, 0.25) is 0 Å². The molecule has 0 saturated heterocycles. The van der Waals surface area contributed by atoms with Gasteiger partial charge in [-0.15, -0.1) is 23.5 Å². The topological polar surface area (TPSA) is 24.7 Å². The van der Waals surface area contributed by atoms with Gasteiger partial charge < -0.3 is 25.3 Å². The molecule has 0 unspecified atom stereocenters. The van der Waals surface area contributed by atoms with Crippen molar-refractivity contribution in [2.24, 2.45) is 9.98 Å². The van der Waals surface area contributed by atoms with E-state index in [0.29, 0.717) is 0 Å². The van der Waals surface area contributed by atoms with Gasteiger partial charge in [-0.3, -0.25) is 9.98 Å². The van der Waals surface area contributed by atoms with Crippen LogP contribution in [0.3, 0.4) is 0 Å². The van der Waals surface area contributed by atoms with Crippen LogP contribution in [0.5, 0.6) is 0 Å². The molecule has 0 bridgehead atoms. The average molecular weight is 588 g/mol. The molecule has 0 aliphatic heterocycles. The Balaban J connectivity index is 0.000000642. The zero-order valence-electron chi connectivity index (χ0n) is 21.0. The van der Waals surface area contributed by atoms with Gasteiger partial charge in [-0.25, -0.2) is 0 Å². The Hall–Kier alpha value is -1.11. The molecule has 0 radical (unpaired) electrons. The van der Waals surface area contributed by atoms with E-state index in [1.54, 1.807) is 23.5 Å². The first-order chi connectivity index (χ1) is 16.5. The predicted molar refractivity (Wildman–Crippen MR) is 165 cm³/mol. The van der Waals surface area contributed by atoms with E-state index in [-0.39, 0.29) is 16.5 Å². The second kappa shape index (κ2) is 22.1. The smallest absolute Gasteiger partial charge is 0.779 e. The number of rotatable bonds is 10. The number of aliphatic imine (C=N–C) groups is 2. The Bertz CT molecular complexity index is 849. The van der Waals surface area contributed by atoms with Crippen molar-refractivity contribution in [1.82, 2.24) is 0 Å². The average Bonchev–Trinajstić information content (AvgIpc) is 2.87. The molecule has 0 aromatic heterocycles. The SMILES string of the molecule is CCCSC(/C=C(\[S-])c1ccccc1)=NCC.CCCSC(/C=C(\[S-])c1ccccc1)=NCC.[Ni+2]. The molecule has 0 aliphatic rings. The molecule has 7 heteroatoms. The third-order valence-corrected chi connectivity index (χ3v) is 7.18. The van der Waals surface area contributed by atoms with Crippen molar-refractivity contribution < 1.29 is 16.5 Å². The number of benzene rings is 2. The van der Waals surface area contributed by atoms with Gasteiger partial charge in [-0.1, -0.05) is 74.5 Å². The Kier molecular flexibility index (Phi) is 21.4. The van der Waals surface area contributed by atoms with Crippen molar-refractivity contribution >= 4 is 68.7 Å². The van der Waals surface area contributed by atoms with Crippen LogP contribution in [-0.2, 0) is 41.7 Å². The zero-order chi connectivity index (χ0) is 25.0. The molecule has 2 rings (SSSR count). The third-order valence-electron chi connectivity index (χ3n) is 4.16. The van der Waals surface area contributed by atoms with E-state index in [2.05, 4.69) is 23.8 Å². The summed E-state index contributed by atoms with van der Waals surface area (Å²) in [6.07, 6.45) is 6.32. The minimum atomic E-state index is 0. The summed E-state index contributed by atoms with van der Waals surface area (Å²) in [6.45, 7) is 10.1. The van der Waals surface area contributed by atoms with Crippen LogP contribution in [0.1, 0.15) is 51.7 Å². The summed E-state index contributed by atoms with van der Waals surface area (Å²) in [5, 5.41) is 2.09. The van der Waals surface area contributed by atoms with E-state index >= 15 is 0 Å². The molecule has 0 aliphatic carbocycles. The number of thioether (sulfide) groups is 2. The van der Waals surface area contributed by atoms with Gasteiger partial charge in [0.25, 0.3) is 0 Å². The minimum absolute atomic E-state index is 0. The summed E-state index contributed by atoms with van der Waals surface area (Å²) in [4.78, 5) is 10.7. The second-order valence-electron chi connectivity index (χ2n) is 7.07. The van der Waals surface area contributed by atoms with Crippen LogP contribution < -0.4 is 0 Å². The summed E-state index contributed by atoms with van der Waals surface area (Å²) < 4.78 is 0. The van der Waals surface area contributed by atoms with Crippen molar-refractivity contribution in [3.63, 3.8) is 0 Å². The molecule has 0 amide bonds. The van der Waals surface area contributed by atoms with Gasteiger partial charge >= 0.3 is 16.5 Å². The van der Waals surface area contributed by atoms with E-state index in [4.69, 9.17) is 25.3 Å². The van der Waals surface area contributed by atoms with Crippen LogP contribution in [0.15, 0.2) is 82.8 Å². The van der Waals surface area contributed by atoms with E-state index in [1.807, 2.05) is 86.7 Å². The van der Waals surface area contributed by atoms with Crippen LogP contribution in [-0.4, -0.2) is 34.7 Å². The molecular formula is C28H36N2NiS4. The quantitative estimate of drug-likeness (QED) is 0.121. The first-order valence-electron chi connectivity index (χ1n) is 11.8. The van der Waals surface area contributed by atoms with Crippen molar-refractivity contribution in [3.05, 3.63) is 83.9 Å². The predicted octanol–water partition coefficient (Wildman–Crippen LogP) is 8.27. The Labute approximate surface area is 242 Å². The summed E-state index contributed by atoms with van der Waals surface area (Å²) in [5.41, 5.74) is 2.17. The van der Waals surface area contributed by atoms with Gasteiger partial charge in [0.05, 0.1) is 10.1 Å². The molecule has 2 aromatic carbocycles. The summed E-state index contributed by atoms with van der Waals surface area (Å²) in [6, 6.07) is 20.2. The van der Waals surface area contributed by atoms with Crippen molar-refractivity contribution in [2.45, 2.75) is 40.5 Å². The van der Waals surface area contributed by atoms with Gasteiger partial charge in [0.1, 0.15) is 0 Å². The molecule has 0 saturated carbocycles. The minimum Gasteiger partial charge on any atom is -0.779 e. The zero-order valence-corrected chi connectivity index (χ0v) is 25.3. The fourth-order valence-corrected chi connectivity index (χ4v) is 4.90. The second-order valence-corrected chi connectivity index (χ2v) is 10.2. The van der Waals surface area contributed by atoms with Gasteiger partial charge in [0.2, 0.25) is 0 Å². The fraction of sp³-hybridized carbons (Fsp3) is 0.357. The summed E-state index contributed by atoms with van der Waals surface area (Å²) in [7, 11) is 0. The van der Waals surface area contributed by atoms with Gasteiger partial charge in [0.15, 0.2) is 0 Å². The van der Waals surface area contributed by atoms with Crippen LogP contribution >= 0.6 is 23.5 Å². The van der Waals surface area contributed by atoms with Crippen LogP contribution in [0, 0.1) is 0 Å². The number of nitrogens with zero attached hydrogens (tertiary/aromatic N) is 2. The van der Waals surface area contributed by atoms with Gasteiger partial charge in [-0.05, 0) is 61.5 Å². The first-order valence-corrected chi connectivity index (χ1v) is 14.6. The van der Waals surface area contributed by atoms with Crippen molar-refractivity contribution in [3.8, 4) is 0 Å². The van der Waals surface area contributed by atoms with E-state index in [9.17, 15) is 0 Å². The standard InChI is InChI=1S/2C14H19NS2.Ni/c2*1-3-10-17-14(15-4-2)11-13(16)12-8-6-5-7-9-12;/h2*5-9,11,16H,3-4,10H2,1-2H3;/q;;+2/p-2/b2*13-11-,15-14?;. The normalized spacial score (nSPS) is 12.5. The Morgan fingerprint density at radius 2 is 1.00 bits per heavy atom. The molecule has 0 fully saturated rings. The molecule has 0 spiro atoms. The number of hydrogen-bond donors (Lipinski definition) is 0. The summed E-state index contributed by atoms with van der Waals surface area (Å²) in [5.74, 6) is 2.18. The molecule has 192 valence electrons. The van der Waals surface area contributed by atoms with Crippen molar-refractivity contribution in [2.75, 3.05) is 24.6 Å². The van der Waals surface area contributed by atoms with E-state index < -0.39 is 0 Å². The first kappa shape index (κ1) is 33.9. The molecule has 2 nitrogen and oxygen atoms in total. The third kappa shape index (κ3) is 15.6. The van der Waals surface area contributed by atoms with Gasteiger partial charge in [0, 0.05) is 13.1 Å². The maximum Gasteiger partial charge on any atom is 2.00 e.